The van der Waals surface area contributed by atoms with Gasteiger partial charge in [0.05, 0.1) is 19.6 Å². The van der Waals surface area contributed by atoms with Crippen molar-refractivity contribution >= 4 is 35.2 Å². The molecule has 21 heavy (non-hydrogen) atoms. The minimum absolute atomic E-state index is 0. The molecule has 0 saturated heterocycles. The van der Waals surface area contributed by atoms with Gasteiger partial charge in [-0.1, -0.05) is 18.2 Å². The molecule has 0 atom stereocenters. The highest BCUT2D eigenvalue weighted by atomic mass is 35.5. The maximum atomic E-state index is 11.6. The molecule has 1 aromatic heterocycles. The van der Waals surface area contributed by atoms with Gasteiger partial charge < -0.3 is 20.8 Å². The van der Waals surface area contributed by atoms with Crippen LogP contribution in [0.15, 0.2) is 28.7 Å². The number of nitrogens with one attached hydrogen (secondary N) is 2. The van der Waals surface area contributed by atoms with E-state index in [1.54, 1.807) is 0 Å². The highest BCUT2D eigenvalue weighted by Crippen LogP contribution is 2.24. The summed E-state index contributed by atoms with van der Waals surface area (Å²) < 4.78 is 5.67. The zero-order chi connectivity index (χ0) is 14.5. The predicted molar refractivity (Wildman–Crippen MR) is 82.1 cm³/mol. The Bertz CT molecular complexity index is 639. The monoisotopic (exact) mass is 311 g/mol. The van der Waals surface area contributed by atoms with Gasteiger partial charge in [-0.15, -0.1) is 12.4 Å². The van der Waals surface area contributed by atoms with Gasteiger partial charge in [0.1, 0.15) is 11.3 Å². The van der Waals surface area contributed by atoms with Gasteiger partial charge in [-0.3, -0.25) is 9.59 Å². The van der Waals surface area contributed by atoms with Gasteiger partial charge in [0.25, 0.3) is 0 Å². The van der Waals surface area contributed by atoms with E-state index < -0.39 is 0 Å². The zero-order valence-electron chi connectivity index (χ0n) is 11.6. The van der Waals surface area contributed by atoms with E-state index in [2.05, 4.69) is 10.6 Å². The number of carbonyl (C=O) groups is 2. The molecule has 2 aromatic rings. The van der Waals surface area contributed by atoms with Crippen LogP contribution in [0.25, 0.3) is 11.0 Å². The molecule has 1 heterocycles. The van der Waals surface area contributed by atoms with Gasteiger partial charge in [0.2, 0.25) is 11.8 Å². The van der Waals surface area contributed by atoms with Gasteiger partial charge >= 0.3 is 0 Å². The van der Waals surface area contributed by atoms with Gasteiger partial charge in [-0.05, 0) is 13.0 Å². The average Bonchev–Trinajstić information content (AvgIpc) is 2.79. The number of para-hydroxylation sites is 1. The van der Waals surface area contributed by atoms with Crippen LogP contribution in [0.1, 0.15) is 11.3 Å². The fourth-order valence-corrected chi connectivity index (χ4v) is 1.89. The van der Waals surface area contributed by atoms with E-state index in [1.165, 1.54) is 0 Å². The Morgan fingerprint density at radius 3 is 2.57 bits per heavy atom. The second-order valence-corrected chi connectivity index (χ2v) is 4.40. The standard InChI is InChI=1S/C14H17N3O3.ClH/c1-9-10-4-2-3-5-11(10)20-12(9)7-16-14(19)8-17-13(18)6-15;/h2-5H,6-8,15H2,1H3,(H,16,19)(H,17,18);1H. The molecular formula is C14H18ClN3O3. The van der Waals surface area contributed by atoms with Crippen LogP contribution in [-0.4, -0.2) is 24.9 Å². The Morgan fingerprint density at radius 1 is 1.19 bits per heavy atom. The van der Waals surface area contributed by atoms with Crippen LogP contribution < -0.4 is 16.4 Å². The number of hydrogen-bond donors (Lipinski definition) is 3. The average molecular weight is 312 g/mol. The van der Waals surface area contributed by atoms with Crippen LogP contribution in [-0.2, 0) is 16.1 Å². The molecule has 0 radical (unpaired) electrons. The quantitative estimate of drug-likeness (QED) is 0.762. The first kappa shape index (κ1) is 17.0. The molecule has 0 aliphatic carbocycles. The number of amides is 2. The third kappa shape index (κ3) is 4.21. The third-order valence-corrected chi connectivity index (χ3v) is 3.02. The van der Waals surface area contributed by atoms with Crippen molar-refractivity contribution in [2.24, 2.45) is 5.73 Å². The summed E-state index contributed by atoms with van der Waals surface area (Å²) in [5.41, 5.74) is 6.93. The minimum Gasteiger partial charge on any atom is -0.459 e. The van der Waals surface area contributed by atoms with Crippen LogP contribution in [0.2, 0.25) is 0 Å². The Morgan fingerprint density at radius 2 is 1.90 bits per heavy atom. The zero-order valence-corrected chi connectivity index (χ0v) is 12.5. The Labute approximate surface area is 128 Å². The summed E-state index contributed by atoms with van der Waals surface area (Å²) in [6.07, 6.45) is 0. The largest absolute Gasteiger partial charge is 0.459 e. The summed E-state index contributed by atoms with van der Waals surface area (Å²) in [4.78, 5) is 22.5. The fourth-order valence-electron chi connectivity index (χ4n) is 1.89. The first-order valence-electron chi connectivity index (χ1n) is 6.32. The Kier molecular flexibility index (Phi) is 6.20. The lowest BCUT2D eigenvalue weighted by molar-refractivity contribution is -0.125. The molecular weight excluding hydrogens is 294 g/mol. The van der Waals surface area contributed by atoms with E-state index in [9.17, 15) is 9.59 Å². The van der Waals surface area contributed by atoms with Gasteiger partial charge in [-0.25, -0.2) is 0 Å². The maximum Gasteiger partial charge on any atom is 0.239 e. The number of aryl methyl sites for hydroxylation is 1. The molecule has 0 aliphatic rings. The lowest BCUT2D eigenvalue weighted by Gasteiger charge is -2.05. The molecule has 1 aromatic carbocycles. The summed E-state index contributed by atoms with van der Waals surface area (Å²) in [7, 11) is 0. The van der Waals surface area contributed by atoms with Gasteiger partial charge in [-0.2, -0.15) is 0 Å². The van der Waals surface area contributed by atoms with Crippen molar-refractivity contribution in [2.75, 3.05) is 13.1 Å². The van der Waals surface area contributed by atoms with E-state index in [4.69, 9.17) is 10.2 Å². The number of nitrogens with two attached hydrogens (primary N) is 1. The summed E-state index contributed by atoms with van der Waals surface area (Å²) in [6, 6.07) is 7.70. The smallest absolute Gasteiger partial charge is 0.239 e. The third-order valence-electron chi connectivity index (χ3n) is 3.02. The second-order valence-electron chi connectivity index (χ2n) is 4.40. The Hall–Kier alpha value is -2.05. The number of carbonyl (C=O) groups excluding carboxylic acids is 2. The molecule has 2 amide bonds. The molecule has 0 spiro atoms. The summed E-state index contributed by atoms with van der Waals surface area (Å²) in [5, 5.41) is 6.13. The molecule has 0 fully saturated rings. The van der Waals surface area contributed by atoms with E-state index >= 15 is 0 Å². The van der Waals surface area contributed by atoms with Crippen molar-refractivity contribution in [3.8, 4) is 0 Å². The van der Waals surface area contributed by atoms with Crippen molar-refractivity contribution in [2.45, 2.75) is 13.5 Å². The van der Waals surface area contributed by atoms with Crippen molar-refractivity contribution in [1.29, 1.82) is 0 Å². The van der Waals surface area contributed by atoms with E-state index in [-0.39, 0.29) is 43.9 Å². The lowest BCUT2D eigenvalue weighted by Crippen LogP contribution is -2.39. The molecule has 114 valence electrons. The van der Waals surface area contributed by atoms with E-state index in [0.29, 0.717) is 5.76 Å². The molecule has 0 saturated carbocycles. The minimum atomic E-state index is -0.361. The molecule has 4 N–H and O–H groups in total. The highest BCUT2D eigenvalue weighted by molar-refractivity contribution is 5.86. The number of hydrogen-bond acceptors (Lipinski definition) is 4. The molecule has 2 rings (SSSR count). The van der Waals surface area contributed by atoms with Crippen molar-refractivity contribution in [3.05, 3.63) is 35.6 Å². The number of halogens is 1. The van der Waals surface area contributed by atoms with Crippen LogP contribution in [0.3, 0.4) is 0 Å². The number of benzene rings is 1. The molecule has 7 heteroatoms. The first-order chi connectivity index (χ1) is 9.61. The highest BCUT2D eigenvalue weighted by Gasteiger charge is 2.11. The van der Waals surface area contributed by atoms with Crippen molar-refractivity contribution in [3.63, 3.8) is 0 Å². The SMILES string of the molecule is Cc1c(CNC(=O)CNC(=O)CN)oc2ccccc12.Cl. The summed E-state index contributed by atoms with van der Waals surface area (Å²) in [5.74, 6) is 0.0661. The molecule has 0 bridgehead atoms. The molecule has 0 aliphatic heterocycles. The van der Waals surface area contributed by atoms with Crippen molar-refractivity contribution < 1.29 is 14.0 Å². The first-order valence-corrected chi connectivity index (χ1v) is 6.32. The summed E-state index contributed by atoms with van der Waals surface area (Å²) in [6.45, 7) is 2.02. The number of fused-ring (bicyclic) bond motifs is 1. The van der Waals surface area contributed by atoms with Crippen LogP contribution >= 0.6 is 12.4 Å². The van der Waals surface area contributed by atoms with E-state index in [1.807, 2.05) is 31.2 Å². The second kappa shape index (κ2) is 7.66. The predicted octanol–water partition coefficient (Wildman–Crippen LogP) is 0.854. The number of furan rings is 1. The number of rotatable bonds is 5. The van der Waals surface area contributed by atoms with Crippen LogP contribution in [0, 0.1) is 6.92 Å². The molecule has 6 nitrogen and oxygen atoms in total. The summed E-state index contributed by atoms with van der Waals surface area (Å²) >= 11 is 0. The van der Waals surface area contributed by atoms with Crippen molar-refractivity contribution in [1.82, 2.24) is 10.6 Å². The van der Waals surface area contributed by atoms with E-state index in [0.717, 1.165) is 16.5 Å². The maximum absolute atomic E-state index is 11.6. The fraction of sp³-hybridized carbons (Fsp3) is 0.286. The van der Waals surface area contributed by atoms with Gasteiger partial charge in [0, 0.05) is 10.9 Å². The Balaban J connectivity index is 0.00000220. The van der Waals surface area contributed by atoms with Crippen LogP contribution in [0.5, 0.6) is 0 Å². The topological polar surface area (TPSA) is 97.4 Å². The normalized spacial score (nSPS) is 10.0. The van der Waals surface area contributed by atoms with Crippen LogP contribution in [0.4, 0.5) is 0 Å². The lowest BCUT2D eigenvalue weighted by atomic mass is 10.1. The van der Waals surface area contributed by atoms with Gasteiger partial charge in [0.15, 0.2) is 0 Å². The molecule has 0 unspecified atom stereocenters.